The van der Waals surface area contributed by atoms with Gasteiger partial charge in [0, 0.05) is 32.6 Å². The number of benzene rings is 1. The molecule has 1 aromatic heterocycles. The summed E-state index contributed by atoms with van der Waals surface area (Å²) in [4.78, 5) is 21.2. The summed E-state index contributed by atoms with van der Waals surface area (Å²) in [6, 6.07) is 8.49. The van der Waals surface area contributed by atoms with Crippen molar-refractivity contribution in [3.8, 4) is 0 Å². The summed E-state index contributed by atoms with van der Waals surface area (Å²) in [5.74, 6) is 1.02. The Hall–Kier alpha value is -2.08. The van der Waals surface area contributed by atoms with Crippen molar-refractivity contribution in [1.82, 2.24) is 15.2 Å². The molecule has 0 saturated carbocycles. The van der Waals surface area contributed by atoms with Crippen molar-refractivity contribution < 1.29 is 9.21 Å². The van der Waals surface area contributed by atoms with Crippen LogP contribution in [-0.4, -0.2) is 55.1 Å². The molecule has 2 saturated heterocycles. The molecule has 25 heavy (non-hydrogen) atoms. The molecule has 1 amide bonds. The van der Waals surface area contributed by atoms with E-state index in [1.165, 1.54) is 12.8 Å². The van der Waals surface area contributed by atoms with Crippen LogP contribution in [0.15, 0.2) is 28.7 Å². The standard InChI is InChI=1S/C19H26N4O2/c24-18(6-5-15-7-9-20-10-8-15)22-11-13-23(14-12-22)19-21-16-3-1-2-4-17(16)25-19/h1-4,15,20H,5-14H2. The number of carbonyl (C=O) groups is 1. The molecule has 2 fully saturated rings. The van der Waals surface area contributed by atoms with Crippen LogP contribution in [0.4, 0.5) is 6.01 Å². The third kappa shape index (κ3) is 3.79. The van der Waals surface area contributed by atoms with Crippen molar-refractivity contribution in [2.75, 3.05) is 44.2 Å². The normalized spacial score (nSPS) is 19.5. The minimum absolute atomic E-state index is 0.302. The lowest BCUT2D eigenvalue weighted by Gasteiger charge is -2.34. The first-order valence-electron chi connectivity index (χ1n) is 9.38. The van der Waals surface area contributed by atoms with Crippen molar-refractivity contribution in [3.05, 3.63) is 24.3 Å². The fourth-order valence-corrected chi connectivity index (χ4v) is 3.80. The number of hydrogen-bond acceptors (Lipinski definition) is 5. The highest BCUT2D eigenvalue weighted by Crippen LogP contribution is 2.23. The number of piperidine rings is 1. The summed E-state index contributed by atoms with van der Waals surface area (Å²) in [7, 11) is 0. The number of nitrogens with zero attached hydrogens (tertiary/aromatic N) is 3. The number of anilines is 1. The number of amides is 1. The molecule has 4 rings (SSSR count). The average Bonchev–Trinajstić information content (AvgIpc) is 3.11. The molecule has 6 nitrogen and oxygen atoms in total. The van der Waals surface area contributed by atoms with Gasteiger partial charge in [-0.25, -0.2) is 0 Å². The van der Waals surface area contributed by atoms with E-state index in [4.69, 9.17) is 4.42 Å². The zero-order valence-corrected chi connectivity index (χ0v) is 14.6. The van der Waals surface area contributed by atoms with E-state index in [2.05, 4.69) is 15.2 Å². The number of oxazole rings is 1. The van der Waals surface area contributed by atoms with E-state index in [9.17, 15) is 4.79 Å². The highest BCUT2D eigenvalue weighted by Gasteiger charge is 2.24. The molecule has 0 spiro atoms. The first kappa shape index (κ1) is 16.4. The molecule has 3 heterocycles. The molecule has 2 aromatic rings. The maximum absolute atomic E-state index is 12.5. The van der Waals surface area contributed by atoms with Crippen LogP contribution < -0.4 is 10.2 Å². The molecule has 0 unspecified atom stereocenters. The van der Waals surface area contributed by atoms with E-state index in [-0.39, 0.29) is 0 Å². The topological polar surface area (TPSA) is 61.6 Å². The largest absolute Gasteiger partial charge is 0.423 e. The number of hydrogen-bond donors (Lipinski definition) is 1. The third-order valence-corrected chi connectivity index (χ3v) is 5.41. The second-order valence-electron chi connectivity index (χ2n) is 7.06. The zero-order valence-electron chi connectivity index (χ0n) is 14.6. The lowest BCUT2D eigenvalue weighted by atomic mass is 9.93. The van der Waals surface area contributed by atoms with Crippen LogP contribution in [0, 0.1) is 5.92 Å². The zero-order chi connectivity index (χ0) is 17.1. The van der Waals surface area contributed by atoms with Gasteiger partial charge in [0.05, 0.1) is 0 Å². The first-order chi connectivity index (χ1) is 12.3. The molecular formula is C19H26N4O2. The van der Waals surface area contributed by atoms with Crippen LogP contribution in [0.25, 0.3) is 11.1 Å². The van der Waals surface area contributed by atoms with Crippen molar-refractivity contribution >= 4 is 23.0 Å². The Bertz CT molecular complexity index is 682. The molecule has 134 valence electrons. The van der Waals surface area contributed by atoms with E-state index < -0.39 is 0 Å². The summed E-state index contributed by atoms with van der Waals surface area (Å²) in [5.41, 5.74) is 1.70. The summed E-state index contributed by atoms with van der Waals surface area (Å²) >= 11 is 0. The number of piperazine rings is 1. The van der Waals surface area contributed by atoms with Gasteiger partial charge >= 0.3 is 0 Å². The van der Waals surface area contributed by atoms with Crippen LogP contribution >= 0.6 is 0 Å². The second-order valence-corrected chi connectivity index (χ2v) is 7.06. The summed E-state index contributed by atoms with van der Waals surface area (Å²) < 4.78 is 5.84. The van der Waals surface area contributed by atoms with E-state index in [1.807, 2.05) is 29.2 Å². The molecule has 0 atom stereocenters. The fourth-order valence-electron chi connectivity index (χ4n) is 3.80. The van der Waals surface area contributed by atoms with E-state index >= 15 is 0 Å². The predicted octanol–water partition coefficient (Wildman–Crippen LogP) is 2.26. The van der Waals surface area contributed by atoms with Gasteiger partial charge in [-0.2, -0.15) is 4.98 Å². The summed E-state index contributed by atoms with van der Waals surface area (Å²) in [6.45, 7) is 5.27. The number of carbonyl (C=O) groups excluding carboxylic acids is 1. The van der Waals surface area contributed by atoms with Gasteiger partial charge in [0.2, 0.25) is 5.91 Å². The molecule has 1 N–H and O–H groups in total. The van der Waals surface area contributed by atoms with E-state index in [1.54, 1.807) is 0 Å². The van der Waals surface area contributed by atoms with Crippen LogP contribution in [-0.2, 0) is 4.79 Å². The number of para-hydroxylation sites is 2. The van der Waals surface area contributed by atoms with Gasteiger partial charge in [-0.3, -0.25) is 4.79 Å². The number of fused-ring (bicyclic) bond motifs is 1. The van der Waals surface area contributed by atoms with Gasteiger partial charge in [0.25, 0.3) is 6.01 Å². The van der Waals surface area contributed by atoms with Gasteiger partial charge in [-0.05, 0) is 50.4 Å². The molecule has 6 heteroatoms. The van der Waals surface area contributed by atoms with Crippen LogP contribution in [0.2, 0.25) is 0 Å². The minimum atomic E-state index is 0.302. The van der Waals surface area contributed by atoms with Crippen LogP contribution in [0.1, 0.15) is 25.7 Å². The third-order valence-electron chi connectivity index (χ3n) is 5.41. The van der Waals surface area contributed by atoms with Crippen LogP contribution in [0.5, 0.6) is 0 Å². The van der Waals surface area contributed by atoms with Gasteiger partial charge in [-0.15, -0.1) is 0 Å². The smallest absolute Gasteiger partial charge is 0.298 e. The number of nitrogens with one attached hydrogen (secondary N) is 1. The first-order valence-corrected chi connectivity index (χ1v) is 9.38. The molecule has 2 aliphatic heterocycles. The summed E-state index contributed by atoms with van der Waals surface area (Å²) in [5, 5.41) is 3.38. The molecule has 1 aromatic carbocycles. The molecule has 0 radical (unpaired) electrons. The Morgan fingerprint density at radius 2 is 1.92 bits per heavy atom. The highest BCUT2D eigenvalue weighted by atomic mass is 16.4. The second kappa shape index (κ2) is 7.44. The Labute approximate surface area is 148 Å². The van der Waals surface area contributed by atoms with Crippen molar-refractivity contribution in [1.29, 1.82) is 0 Å². The molecule has 0 bridgehead atoms. The highest BCUT2D eigenvalue weighted by molar-refractivity contribution is 5.77. The molecular weight excluding hydrogens is 316 g/mol. The Morgan fingerprint density at radius 3 is 2.68 bits per heavy atom. The molecule has 2 aliphatic rings. The van der Waals surface area contributed by atoms with Gasteiger partial charge in [-0.1, -0.05) is 12.1 Å². The van der Waals surface area contributed by atoms with Gasteiger partial charge in [0.15, 0.2) is 5.58 Å². The van der Waals surface area contributed by atoms with Crippen molar-refractivity contribution in [3.63, 3.8) is 0 Å². The Morgan fingerprint density at radius 1 is 1.16 bits per heavy atom. The minimum Gasteiger partial charge on any atom is -0.423 e. The number of aromatic nitrogens is 1. The Balaban J connectivity index is 1.28. The maximum atomic E-state index is 12.5. The van der Waals surface area contributed by atoms with E-state index in [0.29, 0.717) is 24.3 Å². The van der Waals surface area contributed by atoms with Crippen molar-refractivity contribution in [2.24, 2.45) is 5.92 Å². The van der Waals surface area contributed by atoms with Crippen molar-refractivity contribution in [2.45, 2.75) is 25.7 Å². The van der Waals surface area contributed by atoms with Gasteiger partial charge < -0.3 is 19.5 Å². The van der Waals surface area contributed by atoms with Crippen LogP contribution in [0.3, 0.4) is 0 Å². The lowest BCUT2D eigenvalue weighted by Crippen LogP contribution is -2.49. The quantitative estimate of drug-likeness (QED) is 0.923. The average molecular weight is 342 g/mol. The lowest BCUT2D eigenvalue weighted by molar-refractivity contribution is -0.131. The van der Waals surface area contributed by atoms with Gasteiger partial charge in [0.1, 0.15) is 5.52 Å². The Kier molecular flexibility index (Phi) is 4.88. The maximum Gasteiger partial charge on any atom is 0.298 e. The summed E-state index contributed by atoms with van der Waals surface area (Å²) in [6.07, 6.45) is 4.14. The number of rotatable bonds is 4. The predicted molar refractivity (Wildman–Crippen MR) is 97.6 cm³/mol. The molecule has 0 aliphatic carbocycles. The SMILES string of the molecule is O=C(CCC1CCNCC1)N1CCN(c2nc3ccccc3o2)CC1. The van der Waals surface area contributed by atoms with E-state index in [0.717, 1.165) is 56.8 Å². The monoisotopic (exact) mass is 342 g/mol. The fraction of sp³-hybridized carbons (Fsp3) is 0.579.